The zero-order valence-electron chi connectivity index (χ0n) is 18.2. The van der Waals surface area contributed by atoms with Gasteiger partial charge in [0.1, 0.15) is 11.9 Å². The third-order valence-electron chi connectivity index (χ3n) is 5.91. The summed E-state index contributed by atoms with van der Waals surface area (Å²) < 4.78 is 14.3. The van der Waals surface area contributed by atoms with Gasteiger partial charge in [-0.1, -0.05) is 67.3 Å². The molecule has 1 aliphatic carbocycles. The predicted octanol–water partition coefficient (Wildman–Crippen LogP) is 5.20. The van der Waals surface area contributed by atoms with Crippen molar-refractivity contribution in [1.29, 1.82) is 0 Å². The zero-order chi connectivity index (χ0) is 22.4. The first-order valence-electron chi connectivity index (χ1n) is 11.0. The third-order valence-corrected chi connectivity index (χ3v) is 6.27. The summed E-state index contributed by atoms with van der Waals surface area (Å²) in [7, 11) is 0. The third kappa shape index (κ3) is 6.07. The summed E-state index contributed by atoms with van der Waals surface area (Å²) in [6.07, 6.45) is 4.45. The monoisotopic (exact) mass is 444 g/mol. The van der Waals surface area contributed by atoms with Crippen molar-refractivity contribution in [1.82, 2.24) is 10.2 Å². The summed E-state index contributed by atoms with van der Waals surface area (Å²) in [6.45, 7) is 4.16. The number of amides is 2. The molecule has 1 saturated carbocycles. The lowest BCUT2D eigenvalue weighted by atomic mass is 10.0. The summed E-state index contributed by atoms with van der Waals surface area (Å²) >= 11 is 6.16. The first kappa shape index (κ1) is 23.3. The van der Waals surface area contributed by atoms with E-state index in [-0.39, 0.29) is 41.4 Å². The Balaban J connectivity index is 1.86. The van der Waals surface area contributed by atoms with Crippen molar-refractivity contribution in [2.24, 2.45) is 0 Å². The number of halogens is 2. The van der Waals surface area contributed by atoms with Crippen molar-refractivity contribution in [3.8, 4) is 0 Å². The van der Waals surface area contributed by atoms with Gasteiger partial charge in [-0.2, -0.15) is 0 Å². The van der Waals surface area contributed by atoms with Crippen LogP contribution in [-0.2, 0) is 22.6 Å². The van der Waals surface area contributed by atoms with Crippen molar-refractivity contribution in [3.63, 3.8) is 0 Å². The van der Waals surface area contributed by atoms with Crippen LogP contribution in [0.4, 0.5) is 4.39 Å². The number of carbonyl (C=O) groups excluding carboxylic acids is 2. The highest BCUT2D eigenvalue weighted by molar-refractivity contribution is 6.31. The Kier molecular flexibility index (Phi) is 8.08. The van der Waals surface area contributed by atoms with E-state index >= 15 is 0 Å². The molecule has 0 aromatic heterocycles. The van der Waals surface area contributed by atoms with Crippen LogP contribution < -0.4 is 5.32 Å². The second kappa shape index (κ2) is 10.8. The highest BCUT2D eigenvalue weighted by Crippen LogP contribution is 2.23. The quantitative estimate of drug-likeness (QED) is 0.608. The lowest BCUT2D eigenvalue weighted by Gasteiger charge is -2.32. The topological polar surface area (TPSA) is 49.4 Å². The number of carbonyl (C=O) groups is 2. The van der Waals surface area contributed by atoms with Crippen LogP contribution in [0.2, 0.25) is 5.02 Å². The summed E-state index contributed by atoms with van der Waals surface area (Å²) in [5.41, 5.74) is 2.17. The maximum Gasteiger partial charge on any atom is 0.243 e. The summed E-state index contributed by atoms with van der Waals surface area (Å²) in [6, 6.07) is 11.8. The molecule has 1 fully saturated rings. The normalized spacial score (nSPS) is 15.0. The number of rotatable bonds is 8. The molecule has 0 radical (unpaired) electrons. The van der Waals surface area contributed by atoms with Crippen molar-refractivity contribution in [2.75, 3.05) is 0 Å². The number of aryl methyl sites for hydroxylation is 1. The van der Waals surface area contributed by atoms with Gasteiger partial charge in [-0.05, 0) is 43.9 Å². The predicted molar refractivity (Wildman–Crippen MR) is 121 cm³/mol. The summed E-state index contributed by atoms with van der Waals surface area (Å²) in [4.78, 5) is 28.1. The van der Waals surface area contributed by atoms with Crippen molar-refractivity contribution >= 4 is 23.4 Å². The van der Waals surface area contributed by atoms with E-state index in [1.807, 2.05) is 38.1 Å². The van der Waals surface area contributed by atoms with Crippen LogP contribution in [0.3, 0.4) is 0 Å². The zero-order valence-corrected chi connectivity index (χ0v) is 18.9. The molecule has 0 unspecified atom stereocenters. The fourth-order valence-electron chi connectivity index (χ4n) is 4.25. The Hall–Kier alpha value is -2.40. The Labute approximate surface area is 188 Å². The molecule has 6 heteroatoms. The van der Waals surface area contributed by atoms with Gasteiger partial charge in [-0.25, -0.2) is 4.39 Å². The van der Waals surface area contributed by atoms with Crippen LogP contribution in [0.15, 0.2) is 42.5 Å². The highest BCUT2D eigenvalue weighted by atomic mass is 35.5. The second-order valence-electron chi connectivity index (χ2n) is 8.30. The van der Waals surface area contributed by atoms with Crippen LogP contribution in [0.1, 0.15) is 55.7 Å². The largest absolute Gasteiger partial charge is 0.352 e. The molecule has 0 bridgehead atoms. The Bertz CT molecular complexity index is 907. The lowest BCUT2D eigenvalue weighted by Crippen LogP contribution is -2.51. The molecule has 4 nitrogen and oxygen atoms in total. The van der Waals surface area contributed by atoms with Crippen molar-refractivity contribution in [3.05, 3.63) is 70.0 Å². The van der Waals surface area contributed by atoms with Crippen LogP contribution in [-0.4, -0.2) is 28.8 Å². The molecule has 31 heavy (non-hydrogen) atoms. The Morgan fingerprint density at radius 3 is 2.55 bits per heavy atom. The van der Waals surface area contributed by atoms with Gasteiger partial charge in [0.2, 0.25) is 11.8 Å². The van der Waals surface area contributed by atoms with E-state index in [2.05, 4.69) is 5.32 Å². The molecule has 2 amide bonds. The number of benzene rings is 2. The first-order chi connectivity index (χ1) is 14.9. The number of nitrogens with zero attached hydrogens (tertiary/aromatic N) is 1. The fourth-order valence-corrected chi connectivity index (χ4v) is 4.48. The maximum absolute atomic E-state index is 14.3. The smallest absolute Gasteiger partial charge is 0.243 e. The van der Waals surface area contributed by atoms with Crippen molar-refractivity contribution in [2.45, 2.75) is 71.0 Å². The van der Waals surface area contributed by atoms with Gasteiger partial charge in [0.15, 0.2) is 0 Å². The molecule has 3 rings (SSSR count). The molecule has 0 aliphatic heterocycles. The van der Waals surface area contributed by atoms with Gasteiger partial charge >= 0.3 is 0 Å². The van der Waals surface area contributed by atoms with Gasteiger partial charge in [-0.15, -0.1) is 0 Å². The van der Waals surface area contributed by atoms with E-state index in [0.29, 0.717) is 6.42 Å². The van der Waals surface area contributed by atoms with Gasteiger partial charge in [0.25, 0.3) is 0 Å². The van der Waals surface area contributed by atoms with Gasteiger partial charge in [0, 0.05) is 23.2 Å². The minimum Gasteiger partial charge on any atom is -0.352 e. The fraction of sp³-hybridized carbons (Fsp3) is 0.440. The first-order valence-corrected chi connectivity index (χ1v) is 11.3. The molecule has 1 aliphatic rings. The molecule has 0 saturated heterocycles. The minimum absolute atomic E-state index is 0.143. The van der Waals surface area contributed by atoms with Crippen molar-refractivity contribution < 1.29 is 14.0 Å². The van der Waals surface area contributed by atoms with E-state index in [4.69, 9.17) is 11.6 Å². The van der Waals surface area contributed by atoms with Crippen LogP contribution >= 0.6 is 11.6 Å². The lowest BCUT2D eigenvalue weighted by molar-refractivity contribution is -0.141. The number of nitrogens with one attached hydrogen (secondary N) is 1. The summed E-state index contributed by atoms with van der Waals surface area (Å²) in [5, 5.41) is 3.33. The average Bonchev–Trinajstić information content (AvgIpc) is 3.23. The number of hydrogen-bond acceptors (Lipinski definition) is 2. The Morgan fingerprint density at radius 1 is 1.19 bits per heavy atom. The molecule has 0 spiro atoms. The van der Waals surface area contributed by atoms with Crippen LogP contribution in [0.5, 0.6) is 0 Å². The molecule has 1 N–H and O–H groups in total. The number of hydrogen-bond donors (Lipinski definition) is 1. The second-order valence-corrected chi connectivity index (χ2v) is 8.71. The van der Waals surface area contributed by atoms with E-state index in [9.17, 15) is 14.0 Å². The molecule has 2 aromatic rings. The summed E-state index contributed by atoms with van der Waals surface area (Å²) in [5.74, 6) is -0.975. The van der Waals surface area contributed by atoms with Gasteiger partial charge < -0.3 is 10.2 Å². The maximum atomic E-state index is 14.3. The molecular formula is C25H30ClFN2O2. The van der Waals surface area contributed by atoms with Gasteiger partial charge in [-0.3, -0.25) is 9.59 Å². The van der Waals surface area contributed by atoms with Crippen LogP contribution in [0.25, 0.3) is 0 Å². The molecule has 2 aromatic carbocycles. The van der Waals surface area contributed by atoms with E-state index < -0.39 is 11.9 Å². The molecule has 0 heterocycles. The highest BCUT2D eigenvalue weighted by Gasteiger charge is 2.31. The van der Waals surface area contributed by atoms with E-state index in [1.165, 1.54) is 12.1 Å². The minimum atomic E-state index is -0.626. The molecule has 166 valence electrons. The average molecular weight is 445 g/mol. The van der Waals surface area contributed by atoms with E-state index in [1.54, 1.807) is 11.0 Å². The van der Waals surface area contributed by atoms with Crippen LogP contribution in [0, 0.1) is 12.7 Å². The molecular weight excluding hydrogens is 415 g/mol. The van der Waals surface area contributed by atoms with Gasteiger partial charge in [0.05, 0.1) is 6.42 Å². The molecule has 1 atom stereocenters. The Morgan fingerprint density at radius 2 is 1.90 bits per heavy atom. The van der Waals surface area contributed by atoms with E-state index in [0.717, 1.165) is 36.8 Å². The standard InChI is InChI=1S/C25H30ClFN2O2/c1-3-23(25(31)28-19-10-4-5-11-19)29(16-18-9-6-8-17(2)14-18)24(30)15-20-21(26)12-7-13-22(20)27/h6-9,12-14,19,23H,3-5,10-11,15-16H2,1-2H3,(H,28,31)/t23-/m1/s1. The SMILES string of the molecule is CC[C@H](C(=O)NC1CCCC1)N(Cc1cccc(C)c1)C(=O)Cc1c(F)cccc1Cl.